The molecule has 0 radical (unpaired) electrons. The summed E-state index contributed by atoms with van der Waals surface area (Å²) in [6.07, 6.45) is 0. The van der Waals surface area contributed by atoms with Crippen molar-refractivity contribution in [2.45, 2.75) is 0 Å². The number of nitrogens with zero attached hydrogens (tertiary/aromatic N) is 2. The van der Waals surface area contributed by atoms with E-state index >= 15 is 0 Å². The Kier molecular flexibility index (Phi) is 2.72. The molecule has 236 valence electrons. The standard InChI is InChI=1S/C48H34N2/c1-4-13-35(14-5-1)37-23-30-43(31-24-37)50-47-22-11-10-21-45(47)46-34-40(27-32-48(46)50)38-25-28-42(29-26-38)49(41-18-8-3-9-19-41)44-20-12-17-39(33-44)36-15-6-2-7-16-36/h1-34H/i1D,2D,3D,4D,5D,6D,7D,8D,9D,10D,11D,12D,13D,14D,15D,16D,17D,18D,19D,20D,21D,22D,23D,24D,25D,26D,27D,28D,29D,30D,31D,32D,33D,34D. The second-order valence-corrected chi connectivity index (χ2v) is 10.0. The van der Waals surface area contributed by atoms with Gasteiger partial charge in [0, 0.05) is 33.5 Å². The van der Waals surface area contributed by atoms with E-state index in [1.54, 1.807) is 0 Å². The van der Waals surface area contributed by atoms with Crippen LogP contribution in [0.15, 0.2) is 205 Å². The van der Waals surface area contributed by atoms with Crippen molar-refractivity contribution in [3.63, 3.8) is 0 Å². The second-order valence-electron chi connectivity index (χ2n) is 10.0. The topological polar surface area (TPSA) is 8.17 Å². The number of fused-ring (bicyclic) bond motifs is 3. The maximum Gasteiger partial charge on any atom is 0.0651 e. The molecule has 0 aliphatic heterocycles. The van der Waals surface area contributed by atoms with Crippen LogP contribution in [0.1, 0.15) is 46.6 Å². The van der Waals surface area contributed by atoms with Gasteiger partial charge in [0.05, 0.1) is 57.6 Å². The van der Waals surface area contributed by atoms with Crippen LogP contribution in [0, 0.1) is 0 Å². The van der Waals surface area contributed by atoms with Crippen molar-refractivity contribution < 1.29 is 46.6 Å². The lowest BCUT2D eigenvalue weighted by atomic mass is 10.0. The molecule has 0 amide bonds. The summed E-state index contributed by atoms with van der Waals surface area (Å²) in [5.74, 6) is 0. The maximum atomic E-state index is 9.76. The highest BCUT2D eigenvalue weighted by molar-refractivity contribution is 6.10. The normalized spacial score (nSPS) is 20.7. The maximum absolute atomic E-state index is 9.76. The van der Waals surface area contributed by atoms with Crippen LogP contribution in [0.25, 0.3) is 60.9 Å². The Morgan fingerprint density at radius 1 is 0.320 bits per heavy atom. The smallest absolute Gasteiger partial charge is 0.0651 e. The minimum absolute atomic E-state index is 0.291. The van der Waals surface area contributed by atoms with Gasteiger partial charge in [-0.15, -0.1) is 0 Å². The van der Waals surface area contributed by atoms with Gasteiger partial charge in [0.25, 0.3) is 0 Å². The van der Waals surface area contributed by atoms with Crippen molar-refractivity contribution in [3.8, 4) is 39.1 Å². The highest BCUT2D eigenvalue weighted by Gasteiger charge is 2.16. The third-order valence-electron chi connectivity index (χ3n) is 7.12. The summed E-state index contributed by atoms with van der Waals surface area (Å²) in [6.45, 7) is 0. The van der Waals surface area contributed by atoms with E-state index in [0.717, 1.165) is 0 Å². The van der Waals surface area contributed by atoms with Gasteiger partial charge in [-0.05, 0) is 99.8 Å². The molecule has 1 heterocycles. The zero-order valence-electron chi connectivity index (χ0n) is 58.9. The molecule has 2 heteroatoms. The van der Waals surface area contributed by atoms with Gasteiger partial charge in [0.15, 0.2) is 0 Å². The van der Waals surface area contributed by atoms with E-state index in [2.05, 4.69) is 0 Å². The van der Waals surface area contributed by atoms with Crippen molar-refractivity contribution in [1.29, 1.82) is 0 Å². The zero-order chi connectivity index (χ0) is 62.9. The molecule has 9 rings (SSSR count). The fraction of sp³-hybridized carbons (Fsp3) is 0. The highest BCUT2D eigenvalue weighted by Crippen LogP contribution is 2.39. The molecule has 1 aromatic heterocycles. The Labute approximate surface area is 340 Å². The number of para-hydroxylation sites is 2. The van der Waals surface area contributed by atoms with E-state index in [0.29, 0.717) is 9.47 Å². The molecule has 0 fully saturated rings. The quantitative estimate of drug-likeness (QED) is 0.164. The molecule has 0 bridgehead atoms. The summed E-state index contributed by atoms with van der Waals surface area (Å²) < 4.78 is 303. The Bertz CT molecular complexity index is 4400. The predicted molar refractivity (Wildman–Crippen MR) is 212 cm³/mol. The first-order chi connectivity index (χ1) is 39.0. The number of rotatable bonds is 7. The van der Waals surface area contributed by atoms with Gasteiger partial charge in [0.1, 0.15) is 0 Å². The van der Waals surface area contributed by atoms with Gasteiger partial charge in [-0.1, -0.05) is 139 Å². The summed E-state index contributed by atoms with van der Waals surface area (Å²) in [5.41, 5.74) is -11.3. The predicted octanol–water partition coefficient (Wildman–Crippen LogP) is 13.3. The Morgan fingerprint density at radius 2 is 0.780 bits per heavy atom. The van der Waals surface area contributed by atoms with E-state index in [4.69, 9.17) is 32.9 Å². The van der Waals surface area contributed by atoms with E-state index < -0.39 is 283 Å². The third kappa shape index (κ3) is 5.43. The lowest BCUT2D eigenvalue weighted by molar-refractivity contribution is 1.18. The van der Waals surface area contributed by atoms with E-state index in [9.17, 15) is 13.7 Å². The molecule has 0 unspecified atom stereocenters. The van der Waals surface area contributed by atoms with Crippen LogP contribution in [0.2, 0.25) is 0 Å². The van der Waals surface area contributed by atoms with Gasteiger partial charge in [-0.3, -0.25) is 0 Å². The third-order valence-corrected chi connectivity index (χ3v) is 7.12. The minimum atomic E-state index is -1.33. The van der Waals surface area contributed by atoms with Gasteiger partial charge >= 0.3 is 0 Å². The Balaban J connectivity index is 1.43. The van der Waals surface area contributed by atoms with Gasteiger partial charge in [-0.25, -0.2) is 0 Å². The van der Waals surface area contributed by atoms with Crippen LogP contribution in [-0.4, -0.2) is 4.57 Å². The number of aromatic nitrogens is 1. The first-order valence-electron chi connectivity index (χ1n) is 31.3. The fourth-order valence-electron chi connectivity index (χ4n) is 4.96. The van der Waals surface area contributed by atoms with Crippen LogP contribution in [0.3, 0.4) is 0 Å². The van der Waals surface area contributed by atoms with Crippen molar-refractivity contribution in [2.24, 2.45) is 0 Å². The molecule has 0 aliphatic carbocycles. The molecule has 2 nitrogen and oxygen atoms in total. The van der Waals surface area contributed by atoms with Crippen molar-refractivity contribution >= 4 is 38.9 Å². The van der Waals surface area contributed by atoms with Crippen molar-refractivity contribution in [3.05, 3.63) is 205 Å². The van der Waals surface area contributed by atoms with E-state index in [-0.39, 0.29) is 0 Å². The molecule has 0 saturated heterocycles. The van der Waals surface area contributed by atoms with Gasteiger partial charge in [0.2, 0.25) is 0 Å². The Morgan fingerprint density at radius 3 is 1.50 bits per heavy atom. The summed E-state index contributed by atoms with van der Waals surface area (Å²) in [6, 6.07) is -36.6. The number of anilines is 3. The summed E-state index contributed by atoms with van der Waals surface area (Å²) in [7, 11) is 0. The van der Waals surface area contributed by atoms with Crippen LogP contribution in [0.5, 0.6) is 0 Å². The molecular weight excluding hydrogens is 605 g/mol. The molecule has 0 saturated carbocycles. The molecule has 0 aliphatic rings. The summed E-state index contributed by atoms with van der Waals surface area (Å²) >= 11 is 0. The average Bonchev–Trinajstić information content (AvgIpc) is 1.47. The molecule has 50 heavy (non-hydrogen) atoms. The van der Waals surface area contributed by atoms with Crippen LogP contribution >= 0.6 is 0 Å². The Hall–Kier alpha value is -6.64. The molecular formula is C48H34N2. The van der Waals surface area contributed by atoms with Crippen molar-refractivity contribution in [1.82, 2.24) is 4.57 Å². The number of hydrogen-bond acceptors (Lipinski definition) is 1. The van der Waals surface area contributed by atoms with E-state index in [1.807, 2.05) is 0 Å². The summed E-state index contributed by atoms with van der Waals surface area (Å²) in [4.78, 5) is 0.291. The lowest BCUT2D eigenvalue weighted by Gasteiger charge is -2.26. The number of benzene rings is 8. The highest BCUT2D eigenvalue weighted by atomic mass is 15.1. The summed E-state index contributed by atoms with van der Waals surface area (Å²) in [5, 5.41) is -1.43. The van der Waals surface area contributed by atoms with Crippen LogP contribution < -0.4 is 4.90 Å². The lowest BCUT2D eigenvalue weighted by Crippen LogP contribution is -2.09. The molecule has 9 aromatic rings. The SMILES string of the molecule is [2H]c1c([2H])c([2H])c(-c2c([2H])c([2H])c(-n3c4c([2H])c([2H])c([2H])c([2H])c4c4c([2H])c(-c5c([2H])c([2H])c(N(c6c([2H])c([2H])c([2H])c([2H])c6[2H])c6c([2H])c([2H])c([2H])c(-c7c([2H])c([2H])c([2H])c([2H])c7[2H])c6[2H])c([2H])c5[2H])c([2H])c([2H])c43)c([2H])c2[2H])c([2H])c1[2H]. The van der Waals surface area contributed by atoms with Crippen LogP contribution in [0.4, 0.5) is 17.1 Å². The first kappa shape index (κ1) is 10.7. The molecule has 0 atom stereocenters. The van der Waals surface area contributed by atoms with Gasteiger partial charge < -0.3 is 9.47 Å². The first-order valence-corrected chi connectivity index (χ1v) is 14.3. The van der Waals surface area contributed by atoms with E-state index in [1.165, 1.54) is 0 Å². The zero-order valence-corrected chi connectivity index (χ0v) is 24.9. The monoisotopic (exact) mass is 672 g/mol. The van der Waals surface area contributed by atoms with Gasteiger partial charge in [-0.2, -0.15) is 0 Å². The number of hydrogen-bond donors (Lipinski definition) is 0. The molecule has 0 spiro atoms. The fourth-order valence-corrected chi connectivity index (χ4v) is 4.96. The molecule has 0 N–H and O–H groups in total. The second kappa shape index (κ2) is 12.8. The van der Waals surface area contributed by atoms with Crippen LogP contribution in [-0.2, 0) is 0 Å². The largest absolute Gasteiger partial charge is 0.310 e. The minimum Gasteiger partial charge on any atom is -0.310 e. The van der Waals surface area contributed by atoms with Crippen molar-refractivity contribution in [2.75, 3.05) is 4.90 Å². The average molecular weight is 673 g/mol. The molecule has 8 aromatic carbocycles.